The first-order chi connectivity index (χ1) is 10.7. The Balaban J connectivity index is 2.19. The van der Waals surface area contributed by atoms with E-state index in [9.17, 15) is 18.0 Å². The first-order valence-corrected chi connectivity index (χ1v) is 8.43. The summed E-state index contributed by atoms with van der Waals surface area (Å²) in [5.41, 5.74) is 6.42. The van der Waals surface area contributed by atoms with Crippen LogP contribution in [-0.2, 0) is 10.0 Å². The number of anilines is 2. The summed E-state index contributed by atoms with van der Waals surface area (Å²) in [5.74, 6) is -1.04. The van der Waals surface area contributed by atoms with Crippen LogP contribution in [0.2, 0.25) is 0 Å². The smallest absolute Gasteiger partial charge is 0.255 e. The minimum Gasteiger partial charge on any atom is -0.366 e. The molecule has 8 heteroatoms. The maximum Gasteiger partial charge on any atom is 0.255 e. The lowest BCUT2D eigenvalue weighted by molar-refractivity contribution is 0.0996. The summed E-state index contributed by atoms with van der Waals surface area (Å²) < 4.78 is 24.7. The van der Waals surface area contributed by atoms with Crippen LogP contribution in [0.25, 0.3) is 0 Å². The van der Waals surface area contributed by atoms with E-state index in [-0.39, 0.29) is 16.8 Å². The second-order valence-electron chi connectivity index (χ2n) is 4.85. The minimum absolute atomic E-state index is 0.267. The fraction of sp³-hybridized carbons (Fsp3) is 0.0667. The molecule has 0 spiro atoms. The fourth-order valence-corrected chi connectivity index (χ4v) is 2.45. The summed E-state index contributed by atoms with van der Waals surface area (Å²) in [7, 11) is -3.43. The Labute approximate surface area is 133 Å². The van der Waals surface area contributed by atoms with Crippen LogP contribution in [0.1, 0.15) is 20.7 Å². The van der Waals surface area contributed by atoms with Crippen LogP contribution in [0.3, 0.4) is 0 Å². The van der Waals surface area contributed by atoms with Gasteiger partial charge in [0.25, 0.3) is 5.91 Å². The number of amides is 2. The molecule has 2 aromatic carbocycles. The van der Waals surface area contributed by atoms with Crippen molar-refractivity contribution in [1.29, 1.82) is 0 Å². The van der Waals surface area contributed by atoms with Crippen molar-refractivity contribution < 1.29 is 18.0 Å². The number of nitrogens with two attached hydrogens (primary N) is 1. The summed E-state index contributed by atoms with van der Waals surface area (Å²) >= 11 is 0. The van der Waals surface area contributed by atoms with Crippen molar-refractivity contribution in [2.75, 3.05) is 16.3 Å². The first-order valence-electron chi connectivity index (χ1n) is 6.54. The average molecular weight is 333 g/mol. The highest BCUT2D eigenvalue weighted by atomic mass is 32.2. The van der Waals surface area contributed by atoms with Crippen LogP contribution >= 0.6 is 0 Å². The minimum atomic E-state index is -3.43. The SMILES string of the molecule is CS(=O)(=O)Nc1cccc(C(=O)Nc2cccc(C(N)=O)c2)c1. The molecule has 0 saturated heterocycles. The molecular formula is C15H15N3O4S. The van der Waals surface area contributed by atoms with E-state index in [1.165, 1.54) is 24.3 Å². The van der Waals surface area contributed by atoms with Gasteiger partial charge >= 0.3 is 0 Å². The van der Waals surface area contributed by atoms with Crippen molar-refractivity contribution in [1.82, 2.24) is 0 Å². The van der Waals surface area contributed by atoms with Crippen LogP contribution in [0.15, 0.2) is 48.5 Å². The van der Waals surface area contributed by atoms with E-state index in [0.717, 1.165) is 6.26 Å². The molecule has 7 nitrogen and oxygen atoms in total. The van der Waals surface area contributed by atoms with E-state index in [0.29, 0.717) is 5.69 Å². The predicted molar refractivity (Wildman–Crippen MR) is 87.8 cm³/mol. The number of sulfonamides is 1. The van der Waals surface area contributed by atoms with Gasteiger partial charge in [0.05, 0.1) is 6.26 Å². The molecule has 0 fully saturated rings. The van der Waals surface area contributed by atoms with E-state index in [2.05, 4.69) is 10.0 Å². The average Bonchev–Trinajstić information content (AvgIpc) is 2.46. The molecule has 0 heterocycles. The maximum absolute atomic E-state index is 12.2. The van der Waals surface area contributed by atoms with Gasteiger partial charge in [0.15, 0.2) is 0 Å². The van der Waals surface area contributed by atoms with Crippen molar-refractivity contribution in [2.45, 2.75) is 0 Å². The third-order valence-electron chi connectivity index (χ3n) is 2.83. The van der Waals surface area contributed by atoms with E-state index in [4.69, 9.17) is 5.73 Å². The molecule has 0 aliphatic rings. The largest absolute Gasteiger partial charge is 0.366 e. The Morgan fingerprint density at radius 2 is 1.52 bits per heavy atom. The Bertz CT molecular complexity index is 863. The van der Waals surface area contributed by atoms with Crippen molar-refractivity contribution >= 4 is 33.2 Å². The topological polar surface area (TPSA) is 118 Å². The summed E-state index contributed by atoms with van der Waals surface area (Å²) in [6.45, 7) is 0. The summed E-state index contributed by atoms with van der Waals surface area (Å²) in [4.78, 5) is 23.3. The van der Waals surface area contributed by atoms with Gasteiger partial charge in [-0.1, -0.05) is 12.1 Å². The molecule has 0 saturated carbocycles. The standard InChI is InChI=1S/C15H15N3O4S/c1-23(21,22)18-13-7-3-5-11(9-13)15(20)17-12-6-2-4-10(8-12)14(16)19/h2-9,18H,1H3,(H2,16,19)(H,17,20). The zero-order valence-electron chi connectivity index (χ0n) is 12.2. The third kappa shape index (κ3) is 4.82. The van der Waals surface area contributed by atoms with Crippen LogP contribution in [0.5, 0.6) is 0 Å². The Morgan fingerprint density at radius 1 is 0.957 bits per heavy atom. The van der Waals surface area contributed by atoms with Crippen molar-refractivity contribution in [3.8, 4) is 0 Å². The molecule has 2 aromatic rings. The van der Waals surface area contributed by atoms with Crippen LogP contribution in [-0.4, -0.2) is 26.5 Å². The summed E-state index contributed by atoms with van der Waals surface area (Å²) in [5, 5.41) is 2.62. The molecule has 2 rings (SSSR count). The predicted octanol–water partition coefficient (Wildman–Crippen LogP) is 1.41. The highest BCUT2D eigenvalue weighted by Gasteiger charge is 2.10. The summed E-state index contributed by atoms with van der Waals surface area (Å²) in [6, 6.07) is 12.2. The molecule has 0 aliphatic carbocycles. The monoisotopic (exact) mass is 333 g/mol. The maximum atomic E-state index is 12.2. The van der Waals surface area contributed by atoms with Crippen LogP contribution in [0.4, 0.5) is 11.4 Å². The lowest BCUT2D eigenvalue weighted by Gasteiger charge is -2.08. The van der Waals surface area contributed by atoms with Gasteiger partial charge in [0.2, 0.25) is 15.9 Å². The lowest BCUT2D eigenvalue weighted by Crippen LogP contribution is -2.15. The Hall–Kier alpha value is -2.87. The molecule has 2 amide bonds. The normalized spacial score (nSPS) is 10.8. The quantitative estimate of drug-likeness (QED) is 0.766. The van der Waals surface area contributed by atoms with Crippen LogP contribution < -0.4 is 15.8 Å². The molecule has 0 bridgehead atoms. The molecule has 0 atom stereocenters. The number of nitrogens with one attached hydrogen (secondary N) is 2. The number of carbonyl (C=O) groups is 2. The van der Waals surface area contributed by atoms with Crippen molar-refractivity contribution in [2.24, 2.45) is 5.73 Å². The van der Waals surface area contributed by atoms with Gasteiger partial charge < -0.3 is 11.1 Å². The second kappa shape index (κ2) is 6.49. The number of carbonyl (C=O) groups excluding carboxylic acids is 2. The van der Waals surface area contributed by atoms with Gasteiger partial charge in [0.1, 0.15) is 0 Å². The number of hydrogen-bond donors (Lipinski definition) is 3. The van der Waals surface area contributed by atoms with Gasteiger partial charge in [-0.15, -0.1) is 0 Å². The highest BCUT2D eigenvalue weighted by Crippen LogP contribution is 2.15. The van der Waals surface area contributed by atoms with Crippen molar-refractivity contribution in [3.63, 3.8) is 0 Å². The van der Waals surface area contributed by atoms with Gasteiger partial charge in [-0.2, -0.15) is 0 Å². The van der Waals surface area contributed by atoms with E-state index < -0.39 is 21.8 Å². The zero-order valence-corrected chi connectivity index (χ0v) is 13.1. The van der Waals surface area contributed by atoms with Gasteiger partial charge in [-0.25, -0.2) is 8.42 Å². The van der Waals surface area contributed by atoms with Gasteiger partial charge in [-0.05, 0) is 36.4 Å². The van der Waals surface area contributed by atoms with Crippen molar-refractivity contribution in [3.05, 3.63) is 59.7 Å². The number of benzene rings is 2. The second-order valence-corrected chi connectivity index (χ2v) is 6.60. The molecule has 0 unspecified atom stereocenters. The van der Waals surface area contributed by atoms with E-state index in [1.807, 2.05) is 0 Å². The zero-order chi connectivity index (χ0) is 17.0. The molecule has 4 N–H and O–H groups in total. The molecule has 0 aromatic heterocycles. The number of primary amides is 1. The highest BCUT2D eigenvalue weighted by molar-refractivity contribution is 7.92. The third-order valence-corrected chi connectivity index (χ3v) is 3.44. The molecule has 120 valence electrons. The van der Waals surface area contributed by atoms with Crippen LogP contribution in [0, 0.1) is 0 Å². The summed E-state index contributed by atoms with van der Waals surface area (Å²) in [6.07, 6.45) is 1.02. The molecule has 23 heavy (non-hydrogen) atoms. The number of rotatable bonds is 5. The van der Waals surface area contributed by atoms with Gasteiger partial charge in [0, 0.05) is 22.5 Å². The molecule has 0 radical (unpaired) electrons. The number of hydrogen-bond acceptors (Lipinski definition) is 4. The Morgan fingerprint density at radius 3 is 2.13 bits per heavy atom. The van der Waals surface area contributed by atoms with E-state index >= 15 is 0 Å². The first kappa shape index (κ1) is 16.5. The molecule has 0 aliphatic heterocycles. The van der Waals surface area contributed by atoms with Gasteiger partial charge in [-0.3, -0.25) is 14.3 Å². The van der Waals surface area contributed by atoms with E-state index in [1.54, 1.807) is 24.3 Å². The molecular weight excluding hydrogens is 318 g/mol. The Kier molecular flexibility index (Phi) is 4.65. The fourth-order valence-electron chi connectivity index (χ4n) is 1.89. The lowest BCUT2D eigenvalue weighted by atomic mass is 10.1.